The zero-order valence-electron chi connectivity index (χ0n) is 10.6. The van der Waals surface area contributed by atoms with Crippen molar-refractivity contribution in [1.29, 1.82) is 0 Å². The minimum atomic E-state index is -2.97. The minimum Gasteiger partial charge on any atom is -0.380 e. The molecule has 1 fully saturated rings. The largest absolute Gasteiger partial charge is 0.380 e. The van der Waals surface area contributed by atoms with Crippen LogP contribution in [0, 0.1) is 6.92 Å². The fraction of sp³-hybridized carbons (Fsp3) is 0.538. The van der Waals surface area contributed by atoms with Crippen LogP contribution in [0.25, 0.3) is 0 Å². The van der Waals surface area contributed by atoms with Gasteiger partial charge in [0.25, 0.3) is 0 Å². The first kappa shape index (κ1) is 13.9. The van der Waals surface area contributed by atoms with Crippen LogP contribution in [0.1, 0.15) is 24.8 Å². The van der Waals surface area contributed by atoms with Gasteiger partial charge in [0.15, 0.2) is 9.84 Å². The highest BCUT2D eigenvalue weighted by Gasteiger charge is 2.34. The predicted molar refractivity (Wildman–Crippen MR) is 78.8 cm³/mol. The van der Waals surface area contributed by atoms with Gasteiger partial charge in [0, 0.05) is 22.5 Å². The molecule has 1 aromatic rings. The summed E-state index contributed by atoms with van der Waals surface area (Å²) < 4.78 is 24.4. The Morgan fingerprint density at radius 2 is 2.06 bits per heavy atom. The first-order chi connectivity index (χ1) is 8.38. The van der Waals surface area contributed by atoms with Crippen LogP contribution < -0.4 is 5.32 Å². The van der Waals surface area contributed by atoms with E-state index in [1.54, 1.807) is 0 Å². The Morgan fingerprint density at radius 3 is 2.67 bits per heavy atom. The maximum Gasteiger partial charge on any atom is 0.152 e. The molecule has 0 radical (unpaired) electrons. The first-order valence-electron chi connectivity index (χ1n) is 6.09. The summed E-state index contributed by atoms with van der Waals surface area (Å²) in [5.41, 5.74) is 2.15. The van der Waals surface area contributed by atoms with E-state index in [0.717, 1.165) is 29.4 Å². The maximum atomic E-state index is 11.7. The van der Waals surface area contributed by atoms with Crippen molar-refractivity contribution in [1.82, 2.24) is 0 Å². The average molecular weight is 332 g/mol. The maximum absolute atomic E-state index is 11.7. The van der Waals surface area contributed by atoms with Crippen molar-refractivity contribution >= 4 is 31.5 Å². The van der Waals surface area contributed by atoms with Crippen molar-refractivity contribution < 1.29 is 8.42 Å². The fourth-order valence-electron chi connectivity index (χ4n) is 2.54. The number of sulfone groups is 1. The lowest BCUT2D eigenvalue weighted by Crippen LogP contribution is -2.34. The van der Waals surface area contributed by atoms with Crippen LogP contribution >= 0.6 is 15.9 Å². The van der Waals surface area contributed by atoms with Gasteiger partial charge in [-0.3, -0.25) is 0 Å². The first-order valence-corrected chi connectivity index (χ1v) is 8.84. The van der Waals surface area contributed by atoms with Gasteiger partial charge in [-0.2, -0.15) is 0 Å². The molecular weight excluding hydrogens is 314 g/mol. The summed E-state index contributed by atoms with van der Waals surface area (Å²) in [7, 11) is -2.97. The molecule has 0 aromatic heterocycles. The van der Waals surface area contributed by atoms with Gasteiger partial charge < -0.3 is 5.32 Å². The standard InChI is InChI=1S/C13H18BrNO2S/c1-9-6-7-11(10(14)8-9)15-12-4-3-5-13(12)18(2,16)17/h6-8,12-13,15H,3-5H2,1-2H3. The van der Waals surface area contributed by atoms with Crippen molar-refractivity contribution in [2.45, 2.75) is 37.5 Å². The second-order valence-corrected chi connectivity index (χ2v) is 8.15. The number of hydrogen-bond donors (Lipinski definition) is 1. The van der Waals surface area contributed by atoms with E-state index in [0.29, 0.717) is 0 Å². The van der Waals surface area contributed by atoms with Crippen LogP contribution in [0.15, 0.2) is 22.7 Å². The number of halogens is 1. The zero-order valence-corrected chi connectivity index (χ0v) is 13.0. The molecule has 2 unspecified atom stereocenters. The topological polar surface area (TPSA) is 46.2 Å². The quantitative estimate of drug-likeness (QED) is 0.925. The highest BCUT2D eigenvalue weighted by molar-refractivity contribution is 9.10. The highest BCUT2D eigenvalue weighted by atomic mass is 79.9. The molecule has 2 rings (SSSR count). The van der Waals surface area contributed by atoms with E-state index in [4.69, 9.17) is 0 Å². The van der Waals surface area contributed by atoms with E-state index in [9.17, 15) is 8.42 Å². The summed E-state index contributed by atoms with van der Waals surface area (Å²) >= 11 is 3.51. The van der Waals surface area contributed by atoms with E-state index >= 15 is 0 Å². The zero-order chi connectivity index (χ0) is 13.3. The summed E-state index contributed by atoms with van der Waals surface area (Å²) in [6, 6.07) is 6.08. The SMILES string of the molecule is Cc1ccc(NC2CCCC2S(C)(=O)=O)c(Br)c1. The van der Waals surface area contributed by atoms with E-state index in [-0.39, 0.29) is 11.3 Å². The lowest BCUT2D eigenvalue weighted by molar-refractivity contribution is 0.579. The molecule has 2 atom stereocenters. The molecule has 18 heavy (non-hydrogen) atoms. The smallest absolute Gasteiger partial charge is 0.152 e. The summed E-state index contributed by atoms with van der Waals surface area (Å²) in [5, 5.41) is 3.11. The summed E-state index contributed by atoms with van der Waals surface area (Å²) in [4.78, 5) is 0. The van der Waals surface area contributed by atoms with Crippen molar-refractivity contribution in [3.05, 3.63) is 28.2 Å². The number of rotatable bonds is 3. The second kappa shape index (κ2) is 5.21. The fourth-order valence-corrected chi connectivity index (χ4v) is 4.54. The van der Waals surface area contributed by atoms with Gasteiger partial charge >= 0.3 is 0 Å². The van der Waals surface area contributed by atoms with Gasteiger partial charge in [-0.05, 0) is 59.8 Å². The van der Waals surface area contributed by atoms with Crippen LogP contribution in [0.4, 0.5) is 5.69 Å². The lowest BCUT2D eigenvalue weighted by Gasteiger charge is -2.21. The van der Waals surface area contributed by atoms with Crippen LogP contribution in [0.5, 0.6) is 0 Å². The normalized spacial score (nSPS) is 24.2. The van der Waals surface area contributed by atoms with E-state index in [1.165, 1.54) is 11.8 Å². The molecule has 0 saturated heterocycles. The summed E-state index contributed by atoms with van der Waals surface area (Å²) in [5.74, 6) is 0. The van der Waals surface area contributed by atoms with E-state index in [2.05, 4.69) is 21.2 Å². The van der Waals surface area contributed by atoms with Crippen molar-refractivity contribution in [2.75, 3.05) is 11.6 Å². The molecule has 1 N–H and O–H groups in total. The number of benzene rings is 1. The Balaban J connectivity index is 2.18. The van der Waals surface area contributed by atoms with E-state index < -0.39 is 9.84 Å². The molecule has 5 heteroatoms. The molecular formula is C13H18BrNO2S. The molecule has 3 nitrogen and oxygen atoms in total. The molecule has 0 heterocycles. The molecule has 0 aliphatic heterocycles. The third-order valence-corrected chi connectivity index (χ3v) is 5.79. The van der Waals surface area contributed by atoms with Gasteiger partial charge in [0.2, 0.25) is 0 Å². The highest BCUT2D eigenvalue weighted by Crippen LogP contribution is 2.31. The van der Waals surface area contributed by atoms with Gasteiger partial charge in [0.1, 0.15) is 0 Å². The number of nitrogens with one attached hydrogen (secondary N) is 1. The third kappa shape index (κ3) is 3.06. The molecule has 1 aliphatic carbocycles. The van der Waals surface area contributed by atoms with Crippen LogP contribution in [0.2, 0.25) is 0 Å². The Morgan fingerprint density at radius 1 is 1.33 bits per heavy atom. The predicted octanol–water partition coefficient (Wildman–Crippen LogP) is 3.14. The monoisotopic (exact) mass is 331 g/mol. The molecule has 0 spiro atoms. The Kier molecular flexibility index (Phi) is 4.02. The Bertz CT molecular complexity index is 542. The summed E-state index contributed by atoms with van der Waals surface area (Å²) in [6.45, 7) is 2.03. The van der Waals surface area contributed by atoms with Gasteiger partial charge in [-0.15, -0.1) is 0 Å². The molecule has 0 bridgehead atoms. The molecule has 1 aromatic carbocycles. The van der Waals surface area contributed by atoms with Crippen molar-refractivity contribution in [3.8, 4) is 0 Å². The Hall–Kier alpha value is -0.550. The lowest BCUT2D eigenvalue weighted by atomic mass is 10.2. The minimum absolute atomic E-state index is 0.0269. The van der Waals surface area contributed by atoms with Crippen LogP contribution in [0.3, 0.4) is 0 Å². The number of aryl methyl sites for hydroxylation is 1. The number of anilines is 1. The van der Waals surface area contributed by atoms with E-state index in [1.807, 2.05) is 25.1 Å². The summed E-state index contributed by atoms with van der Waals surface area (Å²) in [6.07, 6.45) is 3.98. The van der Waals surface area contributed by atoms with Gasteiger partial charge in [-0.1, -0.05) is 6.07 Å². The molecule has 0 amide bonds. The van der Waals surface area contributed by atoms with Crippen molar-refractivity contribution in [3.63, 3.8) is 0 Å². The van der Waals surface area contributed by atoms with Gasteiger partial charge in [-0.25, -0.2) is 8.42 Å². The Labute approximate surface area is 117 Å². The van der Waals surface area contributed by atoms with Crippen LogP contribution in [-0.4, -0.2) is 26.0 Å². The second-order valence-electron chi connectivity index (χ2n) is 5.03. The number of hydrogen-bond acceptors (Lipinski definition) is 3. The molecule has 1 saturated carbocycles. The molecule has 1 aliphatic rings. The van der Waals surface area contributed by atoms with Crippen molar-refractivity contribution in [2.24, 2.45) is 0 Å². The average Bonchev–Trinajstić information content (AvgIpc) is 2.70. The third-order valence-electron chi connectivity index (χ3n) is 3.47. The van der Waals surface area contributed by atoms with Gasteiger partial charge in [0.05, 0.1) is 5.25 Å². The van der Waals surface area contributed by atoms with Crippen LogP contribution in [-0.2, 0) is 9.84 Å². The molecule has 100 valence electrons.